The van der Waals surface area contributed by atoms with Crippen LogP contribution in [0.4, 0.5) is 0 Å². The molecule has 6 heteroatoms. The Morgan fingerprint density at radius 1 is 0.339 bits per heavy atom. The molecule has 0 saturated heterocycles. The minimum Gasteiger partial charge on any atom is -0.462 e. The van der Waals surface area contributed by atoms with Crippen molar-refractivity contribution in [2.75, 3.05) is 13.2 Å². The molecule has 0 unspecified atom stereocenters. The monoisotopic (exact) mass is 827 g/mol. The summed E-state index contributed by atoms with van der Waals surface area (Å²) >= 11 is 0. The SMILES string of the molecule is CCCCC/C=C\C/C=C\C/C=C\C/C=C\CCCC(=O)O[C@@H](COC(=O)CCCCCCCCCCCCC)COC(=O)CCCCCCCCCCCCCCC. The average molecular weight is 827 g/mol. The number of hydrogen-bond acceptors (Lipinski definition) is 6. The number of allylic oxidation sites excluding steroid dienone is 8. The summed E-state index contributed by atoms with van der Waals surface area (Å²) in [5.41, 5.74) is 0. The van der Waals surface area contributed by atoms with Crippen molar-refractivity contribution in [3.8, 4) is 0 Å². The Balaban J connectivity index is 4.45. The molecule has 0 aliphatic carbocycles. The van der Waals surface area contributed by atoms with E-state index in [2.05, 4.69) is 69.4 Å². The van der Waals surface area contributed by atoms with Gasteiger partial charge in [-0.1, -0.05) is 223 Å². The molecule has 0 fully saturated rings. The molecule has 0 bridgehead atoms. The molecule has 1 atom stereocenters. The minimum absolute atomic E-state index is 0.0914. The first kappa shape index (κ1) is 56.4. The second-order valence-electron chi connectivity index (χ2n) is 16.7. The summed E-state index contributed by atoms with van der Waals surface area (Å²) in [6.45, 7) is 6.56. The highest BCUT2D eigenvalue weighted by Gasteiger charge is 2.19. The first-order chi connectivity index (χ1) is 29.0. The maximum absolute atomic E-state index is 12.7. The van der Waals surface area contributed by atoms with E-state index in [9.17, 15) is 14.4 Å². The smallest absolute Gasteiger partial charge is 0.306 e. The van der Waals surface area contributed by atoms with Crippen LogP contribution < -0.4 is 0 Å². The van der Waals surface area contributed by atoms with Gasteiger partial charge in [-0.25, -0.2) is 0 Å². The van der Waals surface area contributed by atoms with Gasteiger partial charge in [0.1, 0.15) is 13.2 Å². The molecule has 0 spiro atoms. The van der Waals surface area contributed by atoms with Crippen LogP contribution in [0.1, 0.15) is 252 Å². The highest BCUT2D eigenvalue weighted by atomic mass is 16.6. The summed E-state index contributed by atoms with van der Waals surface area (Å²) in [6, 6.07) is 0. The summed E-state index contributed by atoms with van der Waals surface area (Å²) < 4.78 is 16.7. The molecule has 0 N–H and O–H groups in total. The Kier molecular flexibility index (Phi) is 45.9. The van der Waals surface area contributed by atoms with Gasteiger partial charge in [0.05, 0.1) is 0 Å². The quantitative estimate of drug-likeness (QED) is 0.0263. The molecule has 0 aromatic carbocycles. The Morgan fingerprint density at radius 3 is 1.00 bits per heavy atom. The third kappa shape index (κ3) is 46.3. The summed E-state index contributed by atoms with van der Waals surface area (Å²) in [5, 5.41) is 0. The second kappa shape index (κ2) is 48.0. The van der Waals surface area contributed by atoms with Gasteiger partial charge in [-0.15, -0.1) is 0 Å². The molecule has 0 amide bonds. The highest BCUT2D eigenvalue weighted by molar-refractivity contribution is 5.71. The zero-order valence-electron chi connectivity index (χ0n) is 39.0. The van der Waals surface area contributed by atoms with Crippen LogP contribution in [0.15, 0.2) is 48.6 Å². The van der Waals surface area contributed by atoms with Crippen LogP contribution in [0.25, 0.3) is 0 Å². The van der Waals surface area contributed by atoms with Gasteiger partial charge in [-0.05, 0) is 57.8 Å². The average Bonchev–Trinajstić information content (AvgIpc) is 3.23. The zero-order valence-corrected chi connectivity index (χ0v) is 39.0. The summed E-state index contributed by atoms with van der Waals surface area (Å²) in [7, 11) is 0. The summed E-state index contributed by atoms with van der Waals surface area (Å²) in [4.78, 5) is 37.8. The van der Waals surface area contributed by atoms with Crippen molar-refractivity contribution in [1.82, 2.24) is 0 Å². The lowest BCUT2D eigenvalue weighted by atomic mass is 10.0. The molecular formula is C53H94O6. The third-order valence-corrected chi connectivity index (χ3v) is 10.8. The molecule has 0 aliphatic rings. The van der Waals surface area contributed by atoms with E-state index in [1.807, 2.05) is 0 Å². The van der Waals surface area contributed by atoms with Gasteiger partial charge in [-0.3, -0.25) is 14.4 Å². The maximum Gasteiger partial charge on any atom is 0.306 e. The first-order valence-electron chi connectivity index (χ1n) is 25.1. The van der Waals surface area contributed by atoms with E-state index < -0.39 is 6.10 Å². The number of ether oxygens (including phenoxy) is 3. The Hall–Kier alpha value is -2.63. The lowest BCUT2D eigenvalue weighted by molar-refractivity contribution is -0.167. The van der Waals surface area contributed by atoms with E-state index in [4.69, 9.17) is 14.2 Å². The standard InChI is InChI=1S/C53H94O6/c1-4-7-10-13-16-19-22-24-25-26-27-29-32-35-38-41-44-47-53(56)59-50(48-57-51(54)45-42-39-36-33-30-21-18-15-12-9-6-3)49-58-52(55)46-43-40-37-34-31-28-23-20-17-14-11-8-5-2/h16,19,24-25,27,29,35,38,50H,4-15,17-18,20-23,26,28,30-34,36-37,39-49H2,1-3H3/b19-16-,25-24-,29-27-,38-35-/t50-/m0/s1. The highest BCUT2D eigenvalue weighted by Crippen LogP contribution is 2.15. The number of hydrogen-bond donors (Lipinski definition) is 0. The molecule has 0 saturated carbocycles. The minimum atomic E-state index is -0.795. The van der Waals surface area contributed by atoms with E-state index in [-0.39, 0.29) is 37.5 Å². The zero-order chi connectivity index (χ0) is 43.0. The van der Waals surface area contributed by atoms with E-state index in [0.717, 1.165) is 64.2 Å². The van der Waals surface area contributed by atoms with Crippen LogP contribution in [0.2, 0.25) is 0 Å². The number of esters is 3. The molecular weight excluding hydrogens is 733 g/mol. The van der Waals surface area contributed by atoms with Gasteiger partial charge in [0, 0.05) is 19.3 Å². The van der Waals surface area contributed by atoms with E-state index in [1.165, 1.54) is 141 Å². The number of carbonyl (C=O) groups excluding carboxylic acids is 3. The van der Waals surface area contributed by atoms with Crippen molar-refractivity contribution in [1.29, 1.82) is 0 Å². The van der Waals surface area contributed by atoms with Crippen molar-refractivity contribution >= 4 is 17.9 Å². The van der Waals surface area contributed by atoms with Crippen LogP contribution in [0.5, 0.6) is 0 Å². The summed E-state index contributed by atoms with van der Waals surface area (Å²) in [5.74, 6) is -0.942. The number of rotatable bonds is 45. The van der Waals surface area contributed by atoms with Crippen molar-refractivity contribution in [3.05, 3.63) is 48.6 Å². The van der Waals surface area contributed by atoms with Crippen molar-refractivity contribution < 1.29 is 28.6 Å². The van der Waals surface area contributed by atoms with Crippen LogP contribution in [0, 0.1) is 0 Å². The predicted octanol–water partition coefficient (Wildman–Crippen LogP) is 16.3. The van der Waals surface area contributed by atoms with Gasteiger partial charge >= 0.3 is 17.9 Å². The van der Waals surface area contributed by atoms with E-state index in [0.29, 0.717) is 19.3 Å². The van der Waals surface area contributed by atoms with Gasteiger partial charge in [0.25, 0.3) is 0 Å². The fraction of sp³-hybridized carbons (Fsp3) is 0.792. The fourth-order valence-electron chi connectivity index (χ4n) is 7.02. The molecule has 0 aromatic rings. The van der Waals surface area contributed by atoms with E-state index in [1.54, 1.807) is 0 Å². The topological polar surface area (TPSA) is 78.9 Å². The van der Waals surface area contributed by atoms with Crippen LogP contribution in [-0.2, 0) is 28.6 Å². The van der Waals surface area contributed by atoms with Crippen LogP contribution >= 0.6 is 0 Å². The first-order valence-corrected chi connectivity index (χ1v) is 25.1. The molecule has 59 heavy (non-hydrogen) atoms. The van der Waals surface area contributed by atoms with Crippen molar-refractivity contribution in [2.45, 2.75) is 258 Å². The number of carbonyl (C=O) groups is 3. The molecule has 0 aromatic heterocycles. The number of unbranched alkanes of at least 4 members (excludes halogenated alkanes) is 26. The van der Waals surface area contributed by atoms with Crippen LogP contribution in [-0.4, -0.2) is 37.2 Å². The Morgan fingerprint density at radius 2 is 0.627 bits per heavy atom. The largest absolute Gasteiger partial charge is 0.462 e. The van der Waals surface area contributed by atoms with Crippen molar-refractivity contribution in [3.63, 3.8) is 0 Å². The van der Waals surface area contributed by atoms with Gasteiger partial charge in [-0.2, -0.15) is 0 Å². The molecule has 0 aliphatic heterocycles. The van der Waals surface area contributed by atoms with Gasteiger partial charge in [0.2, 0.25) is 0 Å². The second-order valence-corrected chi connectivity index (χ2v) is 16.7. The van der Waals surface area contributed by atoms with Crippen molar-refractivity contribution in [2.24, 2.45) is 0 Å². The van der Waals surface area contributed by atoms with Gasteiger partial charge < -0.3 is 14.2 Å². The van der Waals surface area contributed by atoms with Crippen LogP contribution in [0.3, 0.4) is 0 Å². The summed E-state index contributed by atoms with van der Waals surface area (Å²) in [6.07, 6.45) is 56.7. The fourth-order valence-corrected chi connectivity index (χ4v) is 7.02. The van der Waals surface area contributed by atoms with E-state index >= 15 is 0 Å². The molecule has 0 heterocycles. The Bertz CT molecular complexity index is 1040. The molecule has 6 nitrogen and oxygen atoms in total. The third-order valence-electron chi connectivity index (χ3n) is 10.8. The Labute approximate surface area is 365 Å². The maximum atomic E-state index is 12.7. The molecule has 0 radical (unpaired) electrons. The predicted molar refractivity (Wildman–Crippen MR) is 252 cm³/mol. The van der Waals surface area contributed by atoms with Gasteiger partial charge in [0.15, 0.2) is 6.10 Å². The lowest BCUT2D eigenvalue weighted by Gasteiger charge is -2.18. The molecule has 342 valence electrons. The molecule has 0 rings (SSSR count). The lowest BCUT2D eigenvalue weighted by Crippen LogP contribution is -2.30. The normalized spacial score (nSPS) is 12.4.